The number of anilines is 1. The molecular weight excluding hydrogens is 317 g/mol. The summed E-state index contributed by atoms with van der Waals surface area (Å²) in [6, 6.07) is 5.70. The molecule has 3 rings (SSSR count). The van der Waals surface area contributed by atoms with E-state index < -0.39 is 11.7 Å². The van der Waals surface area contributed by atoms with Gasteiger partial charge in [-0.1, -0.05) is 0 Å². The topological polar surface area (TPSA) is 41.0 Å². The van der Waals surface area contributed by atoms with Gasteiger partial charge in [-0.3, -0.25) is 9.97 Å². The Hall–Kier alpha value is -2.15. The highest BCUT2D eigenvalue weighted by molar-refractivity contribution is 5.49. The van der Waals surface area contributed by atoms with Crippen LogP contribution in [-0.2, 0) is 6.18 Å². The molecule has 1 fully saturated rings. The number of hydrogen-bond acceptors (Lipinski definition) is 4. The van der Waals surface area contributed by atoms with Crippen molar-refractivity contribution in [3.8, 4) is 0 Å². The molecule has 2 unspecified atom stereocenters. The molecule has 0 saturated carbocycles. The Balaban J connectivity index is 1.59. The molecule has 0 amide bonds. The summed E-state index contributed by atoms with van der Waals surface area (Å²) in [6.07, 6.45) is 1.68. The molecule has 1 aromatic heterocycles. The summed E-state index contributed by atoms with van der Waals surface area (Å²) in [4.78, 5) is 10.4. The normalized spacial score (nSPS) is 19.5. The third-order valence-electron chi connectivity index (χ3n) is 4.26. The summed E-state index contributed by atoms with van der Waals surface area (Å²) in [5, 5.41) is 3.51. The molecule has 0 spiro atoms. The number of alkyl halides is 3. The number of benzene rings is 1. The Kier molecular flexibility index (Phi) is 4.71. The van der Waals surface area contributed by atoms with Gasteiger partial charge in [0, 0.05) is 49.5 Å². The van der Waals surface area contributed by atoms with Crippen LogP contribution in [0, 0.1) is 0 Å². The van der Waals surface area contributed by atoms with Crippen molar-refractivity contribution in [2.75, 3.05) is 18.0 Å². The van der Waals surface area contributed by atoms with Crippen molar-refractivity contribution in [2.45, 2.75) is 31.6 Å². The minimum absolute atomic E-state index is 0.0799. The van der Waals surface area contributed by atoms with Gasteiger partial charge < -0.3 is 10.2 Å². The van der Waals surface area contributed by atoms with Crippen LogP contribution < -0.4 is 10.2 Å². The zero-order chi connectivity index (χ0) is 17.2. The third-order valence-corrected chi connectivity index (χ3v) is 4.26. The monoisotopic (exact) mass is 336 g/mol. The third kappa shape index (κ3) is 3.84. The predicted octanol–water partition coefficient (Wildman–Crippen LogP) is 3.42. The van der Waals surface area contributed by atoms with Crippen LogP contribution in [0.1, 0.15) is 30.6 Å². The molecule has 2 heterocycles. The van der Waals surface area contributed by atoms with E-state index in [4.69, 9.17) is 0 Å². The molecule has 1 aromatic carbocycles. The summed E-state index contributed by atoms with van der Waals surface area (Å²) in [7, 11) is 0. The van der Waals surface area contributed by atoms with E-state index >= 15 is 0 Å². The predicted molar refractivity (Wildman–Crippen MR) is 85.6 cm³/mol. The lowest BCUT2D eigenvalue weighted by Gasteiger charge is -2.21. The van der Waals surface area contributed by atoms with Gasteiger partial charge in [-0.25, -0.2) is 0 Å². The molecule has 7 heteroatoms. The van der Waals surface area contributed by atoms with E-state index in [0.717, 1.165) is 43.0 Å². The Bertz CT molecular complexity index is 658. The van der Waals surface area contributed by atoms with Gasteiger partial charge in [0.05, 0.1) is 11.3 Å². The lowest BCUT2D eigenvalue weighted by molar-refractivity contribution is -0.137. The van der Waals surface area contributed by atoms with Gasteiger partial charge in [0.2, 0.25) is 0 Å². The average molecular weight is 336 g/mol. The highest BCUT2D eigenvalue weighted by Crippen LogP contribution is 2.31. The van der Waals surface area contributed by atoms with Crippen LogP contribution in [0.5, 0.6) is 0 Å². The molecular formula is C17H19F3N4. The van der Waals surface area contributed by atoms with Crippen LogP contribution in [0.4, 0.5) is 18.9 Å². The average Bonchev–Trinajstić information content (AvgIpc) is 3.03. The van der Waals surface area contributed by atoms with Gasteiger partial charge in [-0.05, 0) is 37.6 Å². The molecule has 1 N–H and O–H groups in total. The number of rotatable bonds is 4. The number of hydrogen-bond donors (Lipinski definition) is 1. The fraction of sp³-hybridized carbons (Fsp3) is 0.412. The first kappa shape index (κ1) is 16.7. The van der Waals surface area contributed by atoms with E-state index in [1.807, 2.05) is 6.92 Å². The first-order valence-electron chi connectivity index (χ1n) is 7.87. The number of nitrogens with zero attached hydrogens (tertiary/aromatic N) is 3. The smallest absolute Gasteiger partial charge is 0.370 e. The molecule has 2 atom stereocenters. The SMILES string of the molecule is CC(NC1CCN(c2ccc(C(F)(F)F)cc2)C1)c1cnccn1. The lowest BCUT2D eigenvalue weighted by atomic mass is 10.2. The number of aromatic nitrogens is 2. The van der Waals surface area contributed by atoms with Crippen molar-refractivity contribution < 1.29 is 13.2 Å². The standard InChI is InChI=1S/C17H19F3N4/c1-12(16-10-21-7-8-22-16)23-14-6-9-24(11-14)15-4-2-13(3-5-15)17(18,19)20/h2-5,7-8,10,12,14,23H,6,9,11H2,1H3. The minimum Gasteiger partial charge on any atom is -0.370 e. The largest absolute Gasteiger partial charge is 0.416 e. The van der Waals surface area contributed by atoms with Crippen LogP contribution in [0.2, 0.25) is 0 Å². The molecule has 128 valence electrons. The second-order valence-electron chi connectivity index (χ2n) is 5.99. The van der Waals surface area contributed by atoms with Gasteiger partial charge in [0.25, 0.3) is 0 Å². The van der Waals surface area contributed by atoms with Crippen LogP contribution in [0.15, 0.2) is 42.9 Å². The second-order valence-corrected chi connectivity index (χ2v) is 5.99. The van der Waals surface area contributed by atoms with Gasteiger partial charge >= 0.3 is 6.18 Å². The summed E-state index contributed by atoms with van der Waals surface area (Å²) in [6.45, 7) is 3.61. The zero-order valence-electron chi connectivity index (χ0n) is 13.3. The van der Waals surface area contributed by atoms with Gasteiger partial charge in [-0.2, -0.15) is 13.2 Å². The zero-order valence-corrected chi connectivity index (χ0v) is 13.3. The van der Waals surface area contributed by atoms with Crippen LogP contribution in [0.3, 0.4) is 0 Å². The quantitative estimate of drug-likeness (QED) is 0.929. The molecule has 1 aliphatic rings. The highest BCUT2D eigenvalue weighted by atomic mass is 19.4. The fourth-order valence-corrected chi connectivity index (χ4v) is 2.97. The van der Waals surface area contributed by atoms with Crippen molar-refractivity contribution in [2.24, 2.45) is 0 Å². The van der Waals surface area contributed by atoms with Crippen molar-refractivity contribution in [3.63, 3.8) is 0 Å². The Morgan fingerprint density at radius 3 is 2.58 bits per heavy atom. The Morgan fingerprint density at radius 1 is 1.21 bits per heavy atom. The van der Waals surface area contributed by atoms with Crippen molar-refractivity contribution >= 4 is 5.69 Å². The molecule has 0 aliphatic carbocycles. The molecule has 0 radical (unpaired) electrons. The van der Waals surface area contributed by atoms with Crippen LogP contribution in [0.25, 0.3) is 0 Å². The first-order valence-corrected chi connectivity index (χ1v) is 7.87. The van der Waals surface area contributed by atoms with E-state index in [9.17, 15) is 13.2 Å². The van der Waals surface area contributed by atoms with Crippen molar-refractivity contribution in [1.82, 2.24) is 15.3 Å². The molecule has 0 bridgehead atoms. The number of nitrogens with one attached hydrogen (secondary N) is 1. The van der Waals surface area contributed by atoms with Crippen LogP contribution in [-0.4, -0.2) is 29.1 Å². The Morgan fingerprint density at radius 2 is 1.96 bits per heavy atom. The fourth-order valence-electron chi connectivity index (χ4n) is 2.97. The van der Waals surface area contributed by atoms with Crippen molar-refractivity contribution in [1.29, 1.82) is 0 Å². The molecule has 1 saturated heterocycles. The number of halogens is 3. The summed E-state index contributed by atoms with van der Waals surface area (Å²) >= 11 is 0. The van der Waals surface area contributed by atoms with E-state index in [-0.39, 0.29) is 12.1 Å². The first-order chi connectivity index (χ1) is 11.4. The summed E-state index contributed by atoms with van der Waals surface area (Å²) < 4.78 is 37.9. The van der Waals surface area contributed by atoms with Gasteiger partial charge in [0.1, 0.15) is 0 Å². The van der Waals surface area contributed by atoms with Gasteiger partial charge in [0.15, 0.2) is 0 Å². The van der Waals surface area contributed by atoms with E-state index in [1.165, 1.54) is 12.1 Å². The lowest BCUT2D eigenvalue weighted by Crippen LogP contribution is -2.34. The van der Waals surface area contributed by atoms with E-state index in [1.54, 1.807) is 18.6 Å². The van der Waals surface area contributed by atoms with Gasteiger partial charge in [-0.15, -0.1) is 0 Å². The highest BCUT2D eigenvalue weighted by Gasteiger charge is 2.31. The second kappa shape index (κ2) is 6.76. The van der Waals surface area contributed by atoms with E-state index in [0.29, 0.717) is 0 Å². The molecule has 1 aliphatic heterocycles. The minimum atomic E-state index is -4.29. The molecule has 4 nitrogen and oxygen atoms in total. The summed E-state index contributed by atoms with van der Waals surface area (Å²) in [5.74, 6) is 0. The maximum Gasteiger partial charge on any atom is 0.416 e. The maximum absolute atomic E-state index is 12.6. The van der Waals surface area contributed by atoms with Crippen LogP contribution >= 0.6 is 0 Å². The summed E-state index contributed by atoms with van der Waals surface area (Å²) in [5.41, 5.74) is 1.08. The Labute approximate surface area is 138 Å². The van der Waals surface area contributed by atoms with Crippen molar-refractivity contribution in [3.05, 3.63) is 54.1 Å². The van der Waals surface area contributed by atoms with E-state index in [2.05, 4.69) is 20.2 Å². The molecule has 24 heavy (non-hydrogen) atoms. The maximum atomic E-state index is 12.6. The molecule has 2 aromatic rings.